The van der Waals surface area contributed by atoms with Crippen LogP contribution in [0.25, 0.3) is 0 Å². The fraction of sp³-hybridized carbons (Fsp3) is 0.389. The monoisotopic (exact) mass is 369 g/mol. The Morgan fingerprint density at radius 3 is 2.80 bits per heavy atom. The van der Waals surface area contributed by atoms with Crippen molar-refractivity contribution in [1.29, 1.82) is 0 Å². The van der Waals surface area contributed by atoms with Crippen molar-refractivity contribution >= 4 is 17.2 Å². The summed E-state index contributed by atoms with van der Waals surface area (Å²) in [7, 11) is 1.59. The molecular formula is C18H18F3NO2S. The van der Waals surface area contributed by atoms with Gasteiger partial charge in [-0.1, -0.05) is 12.1 Å². The molecule has 1 fully saturated rings. The van der Waals surface area contributed by atoms with Crippen molar-refractivity contribution in [2.75, 3.05) is 13.7 Å². The van der Waals surface area contributed by atoms with Gasteiger partial charge in [0.1, 0.15) is 0 Å². The summed E-state index contributed by atoms with van der Waals surface area (Å²) in [5, 5.41) is 0. The predicted molar refractivity (Wildman–Crippen MR) is 89.5 cm³/mol. The van der Waals surface area contributed by atoms with E-state index in [0.29, 0.717) is 10.4 Å². The van der Waals surface area contributed by atoms with Gasteiger partial charge >= 0.3 is 6.18 Å². The van der Waals surface area contributed by atoms with Gasteiger partial charge in [-0.25, -0.2) is 0 Å². The van der Waals surface area contributed by atoms with Gasteiger partial charge in [-0.3, -0.25) is 4.79 Å². The lowest BCUT2D eigenvalue weighted by Gasteiger charge is -2.17. The fourth-order valence-corrected chi connectivity index (χ4v) is 3.91. The van der Waals surface area contributed by atoms with Crippen molar-refractivity contribution in [3.8, 4) is 0 Å². The van der Waals surface area contributed by atoms with Gasteiger partial charge in [0.2, 0.25) is 0 Å². The van der Waals surface area contributed by atoms with Crippen LogP contribution in [0, 0.1) is 0 Å². The Morgan fingerprint density at radius 1 is 1.32 bits per heavy atom. The summed E-state index contributed by atoms with van der Waals surface area (Å²) in [4.78, 5) is 15.6. The number of nitrogens with zero attached hydrogens (tertiary/aromatic N) is 1. The van der Waals surface area contributed by atoms with E-state index in [2.05, 4.69) is 0 Å². The van der Waals surface area contributed by atoms with Crippen LogP contribution in [0.3, 0.4) is 0 Å². The molecule has 0 bridgehead atoms. The Labute approximate surface area is 148 Å². The third-order valence-electron chi connectivity index (χ3n) is 4.11. The number of halogens is 3. The van der Waals surface area contributed by atoms with E-state index in [4.69, 9.17) is 4.74 Å². The highest BCUT2D eigenvalue weighted by Crippen LogP contribution is 2.34. The summed E-state index contributed by atoms with van der Waals surface area (Å²) >= 11 is 1.39. The van der Waals surface area contributed by atoms with Crippen LogP contribution >= 0.6 is 11.3 Å². The molecule has 1 amide bonds. The van der Waals surface area contributed by atoms with Gasteiger partial charge in [-0.15, -0.1) is 11.3 Å². The van der Waals surface area contributed by atoms with E-state index in [9.17, 15) is 18.0 Å². The number of hydrogen-bond acceptors (Lipinski definition) is 3. The molecule has 1 saturated heterocycles. The zero-order valence-electron chi connectivity index (χ0n) is 13.7. The van der Waals surface area contributed by atoms with Crippen molar-refractivity contribution in [2.24, 2.45) is 0 Å². The Hall–Kier alpha value is -1.86. The Kier molecular flexibility index (Phi) is 5.15. The first-order valence-electron chi connectivity index (χ1n) is 7.97. The standard InChI is InChI=1S/C18H18F3NO2S/c1-22(11-12-4-2-5-13(10-12)18(19,20)21)17(23)16-8-7-15(25-16)14-6-3-9-24-14/h2,4-5,7-8,10,14H,3,6,9,11H2,1H3. The molecule has 25 heavy (non-hydrogen) atoms. The van der Waals surface area contributed by atoms with Gasteiger partial charge in [0.15, 0.2) is 0 Å². The third-order valence-corrected chi connectivity index (χ3v) is 5.27. The Balaban J connectivity index is 1.68. The molecule has 0 aliphatic carbocycles. The zero-order chi connectivity index (χ0) is 18.0. The van der Waals surface area contributed by atoms with E-state index < -0.39 is 11.7 Å². The molecule has 0 spiro atoms. The highest BCUT2D eigenvalue weighted by atomic mass is 32.1. The SMILES string of the molecule is CN(Cc1cccc(C(F)(F)F)c1)C(=O)c1ccc(C2CCCO2)s1. The van der Waals surface area contributed by atoms with Crippen LogP contribution in [-0.2, 0) is 17.5 Å². The summed E-state index contributed by atoms with van der Waals surface area (Å²) in [5.41, 5.74) is -0.260. The minimum Gasteiger partial charge on any atom is -0.373 e. The van der Waals surface area contributed by atoms with Gasteiger partial charge in [0.25, 0.3) is 5.91 Å². The molecule has 134 valence electrons. The molecule has 1 aromatic carbocycles. The number of hydrogen-bond donors (Lipinski definition) is 0. The molecule has 1 unspecified atom stereocenters. The Morgan fingerprint density at radius 2 is 2.12 bits per heavy atom. The topological polar surface area (TPSA) is 29.5 Å². The van der Waals surface area contributed by atoms with Gasteiger partial charge in [0, 0.05) is 25.1 Å². The van der Waals surface area contributed by atoms with E-state index in [1.54, 1.807) is 19.2 Å². The lowest BCUT2D eigenvalue weighted by atomic mass is 10.1. The van der Waals surface area contributed by atoms with Crippen LogP contribution in [0.5, 0.6) is 0 Å². The van der Waals surface area contributed by atoms with Crippen molar-refractivity contribution in [1.82, 2.24) is 4.90 Å². The lowest BCUT2D eigenvalue weighted by molar-refractivity contribution is -0.137. The first-order valence-corrected chi connectivity index (χ1v) is 8.79. The van der Waals surface area contributed by atoms with Crippen LogP contribution in [0.1, 0.15) is 44.6 Å². The number of amides is 1. The molecule has 2 heterocycles. The summed E-state index contributed by atoms with van der Waals surface area (Å²) in [5.74, 6) is -0.202. The van der Waals surface area contributed by atoms with E-state index in [1.165, 1.54) is 22.3 Å². The highest BCUT2D eigenvalue weighted by molar-refractivity contribution is 7.14. The minimum atomic E-state index is -4.39. The number of ether oxygens (including phenoxy) is 1. The molecule has 1 aromatic heterocycles. The number of carbonyl (C=O) groups excluding carboxylic acids is 1. The average molecular weight is 369 g/mol. The first kappa shape index (κ1) is 17.9. The zero-order valence-corrected chi connectivity index (χ0v) is 14.5. The normalized spacial score (nSPS) is 17.7. The number of rotatable bonds is 4. The predicted octanol–water partition coefficient (Wildman–Crippen LogP) is 4.89. The quantitative estimate of drug-likeness (QED) is 0.768. The van der Waals surface area contributed by atoms with Crippen molar-refractivity contribution in [3.63, 3.8) is 0 Å². The van der Waals surface area contributed by atoms with Gasteiger partial charge in [-0.05, 0) is 42.7 Å². The smallest absolute Gasteiger partial charge is 0.373 e. The Bertz CT molecular complexity index is 751. The molecule has 1 atom stereocenters. The van der Waals surface area contributed by atoms with Crippen molar-refractivity contribution < 1.29 is 22.7 Å². The summed E-state index contributed by atoms with van der Waals surface area (Å²) in [6, 6.07) is 8.70. The van der Waals surface area contributed by atoms with Crippen LogP contribution in [0.4, 0.5) is 13.2 Å². The third kappa shape index (κ3) is 4.22. The lowest BCUT2D eigenvalue weighted by Crippen LogP contribution is -2.25. The summed E-state index contributed by atoms with van der Waals surface area (Å²) in [6.07, 6.45) is -2.36. The summed E-state index contributed by atoms with van der Waals surface area (Å²) in [6.45, 7) is 0.858. The van der Waals surface area contributed by atoms with E-state index in [1.807, 2.05) is 6.07 Å². The largest absolute Gasteiger partial charge is 0.416 e. The van der Waals surface area contributed by atoms with Crippen LogP contribution in [0.2, 0.25) is 0 Å². The number of carbonyl (C=O) groups is 1. The molecule has 1 aliphatic heterocycles. The average Bonchev–Trinajstić information content (AvgIpc) is 3.24. The second-order valence-electron chi connectivity index (χ2n) is 6.06. The first-order chi connectivity index (χ1) is 11.8. The van der Waals surface area contributed by atoms with Crippen LogP contribution in [-0.4, -0.2) is 24.5 Å². The molecule has 7 heteroatoms. The molecular weight excluding hydrogens is 351 g/mol. The maximum atomic E-state index is 12.8. The molecule has 0 N–H and O–H groups in total. The maximum Gasteiger partial charge on any atom is 0.416 e. The van der Waals surface area contributed by atoms with Crippen molar-refractivity contribution in [2.45, 2.75) is 31.7 Å². The molecule has 3 rings (SSSR count). The second-order valence-corrected chi connectivity index (χ2v) is 7.18. The molecule has 0 radical (unpaired) electrons. The van der Waals surface area contributed by atoms with Gasteiger partial charge < -0.3 is 9.64 Å². The number of alkyl halides is 3. The van der Waals surface area contributed by atoms with E-state index in [-0.39, 0.29) is 18.6 Å². The molecule has 2 aromatic rings. The minimum absolute atomic E-state index is 0.0559. The second kappa shape index (κ2) is 7.17. The highest BCUT2D eigenvalue weighted by Gasteiger charge is 2.30. The number of thiophene rings is 1. The van der Waals surface area contributed by atoms with Gasteiger partial charge in [-0.2, -0.15) is 13.2 Å². The van der Waals surface area contributed by atoms with E-state index in [0.717, 1.165) is 36.5 Å². The molecule has 0 saturated carbocycles. The molecule has 1 aliphatic rings. The van der Waals surface area contributed by atoms with Gasteiger partial charge in [0.05, 0.1) is 16.5 Å². The fourth-order valence-electron chi connectivity index (χ4n) is 2.82. The van der Waals surface area contributed by atoms with E-state index >= 15 is 0 Å². The van der Waals surface area contributed by atoms with Crippen LogP contribution in [0.15, 0.2) is 36.4 Å². The van der Waals surface area contributed by atoms with Crippen LogP contribution < -0.4 is 0 Å². The summed E-state index contributed by atoms with van der Waals surface area (Å²) < 4.78 is 44.0. The molecule has 3 nitrogen and oxygen atoms in total. The van der Waals surface area contributed by atoms with Crippen molar-refractivity contribution in [3.05, 3.63) is 57.3 Å². The maximum absolute atomic E-state index is 12.8. The number of benzene rings is 1.